The van der Waals surface area contributed by atoms with Crippen molar-refractivity contribution in [2.24, 2.45) is 0 Å². The molecule has 5 heterocycles. The van der Waals surface area contributed by atoms with Gasteiger partial charge in [0, 0.05) is 57.7 Å². The first kappa shape index (κ1) is 25.2. The van der Waals surface area contributed by atoms with E-state index in [9.17, 15) is 18.0 Å². The lowest BCUT2D eigenvalue weighted by Crippen LogP contribution is -2.46. The topological polar surface area (TPSA) is 114 Å². The maximum atomic E-state index is 14.0. The predicted octanol–water partition coefficient (Wildman–Crippen LogP) is 1.89. The van der Waals surface area contributed by atoms with E-state index < -0.39 is 16.1 Å². The van der Waals surface area contributed by atoms with E-state index >= 15 is 0 Å². The van der Waals surface area contributed by atoms with Gasteiger partial charge in [0.25, 0.3) is 15.9 Å². The number of nitrogens with zero attached hydrogens (tertiary/aromatic N) is 7. The quantitative estimate of drug-likeness (QED) is 0.450. The average Bonchev–Trinajstić information content (AvgIpc) is 3.65. The number of hydrogen-bond acceptors (Lipinski definition) is 6. The molecule has 1 unspecified atom stereocenters. The van der Waals surface area contributed by atoms with Crippen LogP contribution in [0.1, 0.15) is 57.8 Å². The van der Waals surface area contributed by atoms with Crippen LogP contribution < -0.4 is 0 Å². The van der Waals surface area contributed by atoms with E-state index in [2.05, 4.69) is 35.9 Å². The Balaban J connectivity index is 1.27. The molecule has 208 valence electrons. The standard InChI is InChI=1S/C28H31N7O4S/c1-3-25(36)32-12-10-21-27-23(35(30-21)20-8-6-19(7-9-20)18-4-5-18)11-13-33(24(27)17-32)28(37)22-16-26-34(29-22)15-14-31(2)40(26,38)39/h3,6-9,16,18,24H,1,4-5,10-15,17H2,2H3. The van der Waals surface area contributed by atoms with Gasteiger partial charge in [0.05, 0.1) is 29.7 Å². The zero-order valence-electron chi connectivity index (χ0n) is 22.4. The number of fused-ring (bicyclic) bond motifs is 1. The maximum Gasteiger partial charge on any atom is 0.274 e. The summed E-state index contributed by atoms with van der Waals surface area (Å²) < 4.78 is 30.3. The number of sulfonamides is 1. The van der Waals surface area contributed by atoms with Crippen LogP contribution in [0.3, 0.4) is 0 Å². The van der Waals surface area contributed by atoms with Gasteiger partial charge >= 0.3 is 0 Å². The number of benzene rings is 1. The van der Waals surface area contributed by atoms with Gasteiger partial charge in [-0.15, -0.1) is 0 Å². The summed E-state index contributed by atoms with van der Waals surface area (Å²) in [5.74, 6) is 0.124. The second-order valence-corrected chi connectivity index (χ2v) is 13.0. The Bertz CT molecular complexity index is 1650. The average molecular weight is 562 g/mol. The van der Waals surface area contributed by atoms with E-state index in [1.807, 2.05) is 4.68 Å². The molecule has 1 aliphatic carbocycles. The minimum atomic E-state index is -3.70. The van der Waals surface area contributed by atoms with Crippen LogP contribution in [-0.4, -0.2) is 87.1 Å². The molecule has 0 bridgehead atoms. The van der Waals surface area contributed by atoms with Crippen molar-refractivity contribution < 1.29 is 18.0 Å². The fourth-order valence-electron chi connectivity index (χ4n) is 6.22. The lowest BCUT2D eigenvalue weighted by atomic mass is 9.95. The summed E-state index contributed by atoms with van der Waals surface area (Å²) >= 11 is 0. The lowest BCUT2D eigenvalue weighted by molar-refractivity contribution is -0.126. The molecule has 0 spiro atoms. The summed E-state index contributed by atoms with van der Waals surface area (Å²) in [6, 6.07) is 9.53. The Morgan fingerprint density at radius 1 is 1.02 bits per heavy atom. The number of carbonyl (C=O) groups excluding carboxylic acids is 2. The summed E-state index contributed by atoms with van der Waals surface area (Å²) in [5.41, 5.74) is 5.33. The van der Waals surface area contributed by atoms with Crippen LogP contribution in [0.4, 0.5) is 0 Å². The molecule has 1 fully saturated rings. The molecule has 11 nitrogen and oxygen atoms in total. The Morgan fingerprint density at radius 3 is 2.52 bits per heavy atom. The highest BCUT2D eigenvalue weighted by molar-refractivity contribution is 7.89. The Hall–Kier alpha value is -3.77. The number of amides is 2. The molecule has 0 radical (unpaired) electrons. The van der Waals surface area contributed by atoms with Crippen molar-refractivity contribution in [1.29, 1.82) is 0 Å². The van der Waals surface area contributed by atoms with Crippen LogP contribution in [0.25, 0.3) is 5.69 Å². The van der Waals surface area contributed by atoms with Crippen molar-refractivity contribution in [3.8, 4) is 5.69 Å². The van der Waals surface area contributed by atoms with Gasteiger partial charge in [0.15, 0.2) is 10.7 Å². The van der Waals surface area contributed by atoms with Crippen molar-refractivity contribution in [3.63, 3.8) is 0 Å². The monoisotopic (exact) mass is 561 g/mol. The third kappa shape index (κ3) is 3.92. The number of hydrogen-bond donors (Lipinski definition) is 0. The van der Waals surface area contributed by atoms with Crippen LogP contribution in [0.15, 0.2) is 48.0 Å². The largest absolute Gasteiger partial charge is 0.336 e. The third-order valence-electron chi connectivity index (χ3n) is 8.61. The van der Waals surface area contributed by atoms with Gasteiger partial charge in [-0.2, -0.15) is 14.5 Å². The molecule has 1 atom stereocenters. The highest BCUT2D eigenvalue weighted by atomic mass is 32.2. The van der Waals surface area contributed by atoms with Gasteiger partial charge in [0.1, 0.15) is 0 Å². The molecule has 1 aromatic carbocycles. The Morgan fingerprint density at radius 2 is 1.80 bits per heavy atom. The highest BCUT2D eigenvalue weighted by Crippen LogP contribution is 2.41. The number of aromatic nitrogens is 4. The molecule has 4 aliphatic rings. The molecule has 2 aromatic heterocycles. The van der Waals surface area contributed by atoms with Crippen LogP contribution in [-0.2, 0) is 34.2 Å². The first-order valence-electron chi connectivity index (χ1n) is 13.7. The van der Waals surface area contributed by atoms with Crippen molar-refractivity contribution >= 4 is 21.8 Å². The van der Waals surface area contributed by atoms with Crippen LogP contribution in [0, 0.1) is 0 Å². The number of likely N-dealkylation sites (N-methyl/N-ethyl adjacent to an activating group) is 1. The number of carbonyl (C=O) groups is 2. The van der Waals surface area contributed by atoms with Gasteiger partial charge in [0.2, 0.25) is 5.91 Å². The molecule has 3 aromatic rings. The fourth-order valence-corrected chi connectivity index (χ4v) is 7.52. The van der Waals surface area contributed by atoms with Gasteiger partial charge < -0.3 is 9.80 Å². The summed E-state index contributed by atoms with van der Waals surface area (Å²) in [4.78, 5) is 30.1. The molecular weight excluding hydrogens is 530 g/mol. The van der Waals surface area contributed by atoms with Crippen LogP contribution in [0.2, 0.25) is 0 Å². The third-order valence-corrected chi connectivity index (χ3v) is 10.5. The van der Waals surface area contributed by atoms with E-state index in [4.69, 9.17) is 5.10 Å². The Kier molecular flexibility index (Phi) is 5.76. The first-order chi connectivity index (χ1) is 19.3. The van der Waals surface area contributed by atoms with Gasteiger partial charge in [-0.25, -0.2) is 13.1 Å². The minimum Gasteiger partial charge on any atom is -0.336 e. The molecule has 7 rings (SSSR count). The SMILES string of the molecule is C=CC(=O)N1CCc2nn(-c3ccc(C4CC4)cc3)c3c2C(C1)N(C(=O)c1cc2n(n1)CCN(C)S2(=O)=O)CC3. The smallest absolute Gasteiger partial charge is 0.274 e. The van der Waals surface area contributed by atoms with E-state index in [0.717, 1.165) is 22.6 Å². The fraction of sp³-hybridized carbons (Fsp3) is 0.429. The highest BCUT2D eigenvalue weighted by Gasteiger charge is 2.41. The van der Waals surface area contributed by atoms with Crippen molar-refractivity contribution in [2.75, 3.05) is 33.2 Å². The first-order valence-corrected chi connectivity index (χ1v) is 15.2. The molecular formula is C28H31N7O4S. The van der Waals surface area contributed by atoms with E-state index in [0.29, 0.717) is 51.5 Å². The maximum absolute atomic E-state index is 14.0. The summed E-state index contributed by atoms with van der Waals surface area (Å²) in [6.45, 7) is 5.50. The molecule has 3 aliphatic heterocycles. The van der Waals surface area contributed by atoms with Crippen LogP contribution >= 0.6 is 0 Å². The summed E-state index contributed by atoms with van der Waals surface area (Å²) in [5, 5.41) is 9.43. The minimum absolute atomic E-state index is 0.0229. The molecule has 0 N–H and O–H groups in total. The van der Waals surface area contributed by atoms with E-state index in [1.165, 1.54) is 46.6 Å². The molecule has 0 saturated heterocycles. The number of rotatable bonds is 4. The molecule has 40 heavy (non-hydrogen) atoms. The lowest BCUT2D eigenvalue weighted by Gasteiger charge is -2.37. The summed E-state index contributed by atoms with van der Waals surface area (Å²) in [7, 11) is -2.18. The van der Waals surface area contributed by atoms with Crippen molar-refractivity contribution in [3.05, 3.63) is 71.2 Å². The Labute approximate surface area is 232 Å². The van der Waals surface area contributed by atoms with Crippen molar-refractivity contribution in [2.45, 2.75) is 49.2 Å². The van der Waals surface area contributed by atoms with Crippen molar-refractivity contribution in [1.82, 2.24) is 33.7 Å². The van der Waals surface area contributed by atoms with Gasteiger partial charge in [-0.3, -0.25) is 14.3 Å². The van der Waals surface area contributed by atoms with Gasteiger partial charge in [-0.05, 0) is 42.5 Å². The second kappa shape index (κ2) is 9.13. The van der Waals surface area contributed by atoms with E-state index in [1.54, 1.807) is 9.80 Å². The molecule has 2 amide bonds. The predicted molar refractivity (Wildman–Crippen MR) is 146 cm³/mol. The molecule has 12 heteroatoms. The molecule has 1 saturated carbocycles. The summed E-state index contributed by atoms with van der Waals surface area (Å²) in [6.07, 6.45) is 4.94. The zero-order chi connectivity index (χ0) is 27.8. The van der Waals surface area contributed by atoms with Crippen LogP contribution in [0.5, 0.6) is 0 Å². The van der Waals surface area contributed by atoms with Gasteiger partial charge in [-0.1, -0.05) is 18.7 Å². The normalized spacial score (nSPS) is 21.9. The zero-order valence-corrected chi connectivity index (χ0v) is 23.2. The van der Waals surface area contributed by atoms with E-state index in [-0.39, 0.29) is 22.5 Å². The second-order valence-electron chi connectivity index (χ2n) is 11.0.